The van der Waals surface area contributed by atoms with Crippen LogP contribution in [0.15, 0.2) is 83.9 Å². The summed E-state index contributed by atoms with van der Waals surface area (Å²) in [4.78, 5) is 37.6. The van der Waals surface area contributed by atoms with E-state index in [2.05, 4.69) is 44.5 Å². The minimum Gasteiger partial charge on any atom is -0.383 e. The molecule has 0 atom stereocenters. The van der Waals surface area contributed by atoms with Gasteiger partial charge in [0.1, 0.15) is 17.2 Å². The number of pyridine rings is 1. The van der Waals surface area contributed by atoms with Crippen LogP contribution < -0.4 is 16.6 Å². The van der Waals surface area contributed by atoms with Crippen LogP contribution in [0.25, 0.3) is 22.5 Å². The monoisotopic (exact) mass is 546 g/mol. The first kappa shape index (κ1) is 26.1. The van der Waals surface area contributed by atoms with Crippen molar-refractivity contribution >= 4 is 28.8 Å². The van der Waals surface area contributed by atoms with Crippen molar-refractivity contribution in [1.82, 2.24) is 29.0 Å². The molecule has 0 radical (unpaired) electrons. The summed E-state index contributed by atoms with van der Waals surface area (Å²) < 4.78 is 2.94. The molecule has 3 N–H and O–H groups in total. The predicted octanol–water partition coefficient (Wildman–Crippen LogP) is 3.86. The topological polar surface area (TPSA) is 123 Å². The molecule has 2 aromatic carbocycles. The standard InChI is InChI=1S/C31H30N8O2/c1-20-34-31-38(18-21-6-4-3-5-7-21)19-27(30(41)39(31)36-20)29(40)35-25-10-8-23(9-11-25)26-16-24(17-33-28(26)32)22-12-14-37(2)15-13-22/h3-12,16-17,19H,13-15,18H2,1-2H3,(H2,32,33)(H,35,40). The predicted molar refractivity (Wildman–Crippen MR) is 160 cm³/mol. The minimum absolute atomic E-state index is 0.0324. The molecule has 5 aromatic rings. The molecule has 1 aliphatic rings. The zero-order valence-corrected chi connectivity index (χ0v) is 22.9. The van der Waals surface area contributed by atoms with E-state index >= 15 is 0 Å². The van der Waals surface area contributed by atoms with Crippen LogP contribution in [-0.2, 0) is 6.54 Å². The molecule has 0 saturated carbocycles. The number of aromatic nitrogens is 5. The Kier molecular flexibility index (Phi) is 6.90. The van der Waals surface area contributed by atoms with E-state index in [0.717, 1.165) is 41.8 Å². The van der Waals surface area contributed by atoms with Crippen LogP contribution in [0, 0.1) is 6.92 Å². The number of benzene rings is 2. The number of carbonyl (C=O) groups is 1. The van der Waals surface area contributed by atoms with Gasteiger partial charge in [0, 0.05) is 36.7 Å². The zero-order chi connectivity index (χ0) is 28.5. The van der Waals surface area contributed by atoms with Gasteiger partial charge in [-0.1, -0.05) is 48.5 Å². The highest BCUT2D eigenvalue weighted by molar-refractivity contribution is 6.04. The molecule has 0 bridgehead atoms. The van der Waals surface area contributed by atoms with Gasteiger partial charge < -0.3 is 20.5 Å². The van der Waals surface area contributed by atoms with Crippen LogP contribution in [0.1, 0.15) is 33.7 Å². The molecule has 206 valence electrons. The van der Waals surface area contributed by atoms with E-state index in [-0.39, 0.29) is 5.56 Å². The van der Waals surface area contributed by atoms with Gasteiger partial charge in [0.25, 0.3) is 11.5 Å². The first-order valence-electron chi connectivity index (χ1n) is 13.4. The molecular formula is C31H30N8O2. The number of amides is 1. The van der Waals surface area contributed by atoms with Crippen LogP contribution in [0.2, 0.25) is 0 Å². The van der Waals surface area contributed by atoms with Gasteiger partial charge in [-0.3, -0.25) is 9.59 Å². The van der Waals surface area contributed by atoms with E-state index in [1.54, 1.807) is 23.6 Å². The quantitative estimate of drug-likeness (QED) is 0.331. The summed E-state index contributed by atoms with van der Waals surface area (Å²) in [7, 11) is 2.11. The van der Waals surface area contributed by atoms with E-state index in [0.29, 0.717) is 29.7 Å². The second-order valence-electron chi connectivity index (χ2n) is 10.3. The van der Waals surface area contributed by atoms with Gasteiger partial charge in [-0.15, -0.1) is 5.10 Å². The number of carbonyl (C=O) groups excluding carboxylic acids is 1. The summed E-state index contributed by atoms with van der Waals surface area (Å²) in [6.45, 7) is 4.05. The van der Waals surface area contributed by atoms with E-state index in [4.69, 9.17) is 5.73 Å². The van der Waals surface area contributed by atoms with Gasteiger partial charge in [0.05, 0.1) is 6.54 Å². The van der Waals surface area contributed by atoms with E-state index in [1.807, 2.05) is 48.7 Å². The molecule has 0 fully saturated rings. The number of nitrogens with zero attached hydrogens (tertiary/aromatic N) is 6. The molecule has 0 spiro atoms. The molecule has 0 aliphatic carbocycles. The molecule has 6 rings (SSSR count). The van der Waals surface area contributed by atoms with Crippen molar-refractivity contribution in [3.05, 3.63) is 112 Å². The Hall–Kier alpha value is -5.09. The number of aryl methyl sites for hydroxylation is 1. The Morgan fingerprint density at radius 2 is 1.85 bits per heavy atom. The molecule has 4 heterocycles. The fraction of sp³-hybridized carbons (Fsp3) is 0.194. The highest BCUT2D eigenvalue weighted by Crippen LogP contribution is 2.30. The summed E-state index contributed by atoms with van der Waals surface area (Å²) in [5.74, 6) is 0.732. The van der Waals surface area contributed by atoms with Crippen molar-refractivity contribution in [2.75, 3.05) is 31.2 Å². The summed E-state index contributed by atoms with van der Waals surface area (Å²) in [5.41, 5.74) is 11.3. The van der Waals surface area contributed by atoms with Crippen molar-refractivity contribution in [3.63, 3.8) is 0 Å². The number of hydrogen-bond donors (Lipinski definition) is 2. The molecular weight excluding hydrogens is 516 g/mol. The molecule has 10 nitrogen and oxygen atoms in total. The lowest BCUT2D eigenvalue weighted by atomic mass is 9.97. The van der Waals surface area contributed by atoms with Crippen molar-refractivity contribution in [3.8, 4) is 11.1 Å². The Morgan fingerprint density at radius 1 is 1.07 bits per heavy atom. The van der Waals surface area contributed by atoms with E-state index < -0.39 is 11.5 Å². The van der Waals surface area contributed by atoms with Gasteiger partial charge in [-0.05, 0) is 60.9 Å². The Labute approximate surface area is 236 Å². The summed E-state index contributed by atoms with van der Waals surface area (Å²) >= 11 is 0. The maximum Gasteiger partial charge on any atom is 0.288 e. The number of nitrogens with one attached hydrogen (secondary N) is 1. The second-order valence-corrected chi connectivity index (χ2v) is 10.3. The van der Waals surface area contributed by atoms with E-state index in [9.17, 15) is 9.59 Å². The summed E-state index contributed by atoms with van der Waals surface area (Å²) in [6, 6.07) is 19.2. The molecule has 41 heavy (non-hydrogen) atoms. The first-order chi connectivity index (χ1) is 19.9. The molecule has 10 heteroatoms. The van der Waals surface area contributed by atoms with Crippen LogP contribution in [0.4, 0.5) is 11.5 Å². The molecule has 0 saturated heterocycles. The average molecular weight is 547 g/mol. The summed E-state index contributed by atoms with van der Waals surface area (Å²) in [6.07, 6.45) is 6.55. The maximum atomic E-state index is 13.3. The van der Waals surface area contributed by atoms with Crippen LogP contribution >= 0.6 is 0 Å². The number of anilines is 2. The number of likely N-dealkylation sites (N-methyl/N-ethyl adjacent to an activating group) is 1. The normalized spacial score (nSPS) is 13.8. The lowest BCUT2D eigenvalue weighted by Crippen LogP contribution is -2.29. The van der Waals surface area contributed by atoms with Crippen molar-refractivity contribution in [2.24, 2.45) is 0 Å². The zero-order valence-electron chi connectivity index (χ0n) is 22.9. The molecule has 1 aliphatic heterocycles. The highest BCUT2D eigenvalue weighted by atomic mass is 16.2. The van der Waals surface area contributed by atoms with Crippen LogP contribution in [-0.4, -0.2) is 55.1 Å². The average Bonchev–Trinajstić information content (AvgIpc) is 3.38. The van der Waals surface area contributed by atoms with Crippen LogP contribution in [0.3, 0.4) is 0 Å². The number of fused-ring (bicyclic) bond motifs is 1. The van der Waals surface area contributed by atoms with Gasteiger partial charge in [-0.25, -0.2) is 4.98 Å². The Morgan fingerprint density at radius 3 is 2.59 bits per heavy atom. The minimum atomic E-state index is -0.531. The third-order valence-electron chi connectivity index (χ3n) is 7.26. The smallest absolute Gasteiger partial charge is 0.288 e. The number of rotatable bonds is 6. The van der Waals surface area contributed by atoms with E-state index in [1.165, 1.54) is 16.3 Å². The third kappa shape index (κ3) is 5.37. The molecule has 0 unspecified atom stereocenters. The third-order valence-corrected chi connectivity index (χ3v) is 7.26. The van der Waals surface area contributed by atoms with Gasteiger partial charge >= 0.3 is 0 Å². The highest BCUT2D eigenvalue weighted by Gasteiger charge is 2.19. The lowest BCUT2D eigenvalue weighted by Gasteiger charge is -2.22. The summed E-state index contributed by atoms with van der Waals surface area (Å²) in [5, 5.41) is 7.08. The number of nitrogen functional groups attached to an aromatic ring is 1. The maximum absolute atomic E-state index is 13.3. The SMILES string of the molecule is Cc1nc2n(Cc3ccccc3)cc(C(=O)Nc3ccc(-c4cc(C5=CCN(C)CC5)cnc4N)cc3)c(=O)n2n1. The molecule has 3 aromatic heterocycles. The number of hydrogen-bond acceptors (Lipinski definition) is 7. The Bertz CT molecular complexity index is 1840. The Balaban J connectivity index is 1.26. The van der Waals surface area contributed by atoms with Crippen molar-refractivity contribution in [2.45, 2.75) is 19.9 Å². The number of nitrogens with two attached hydrogens (primary N) is 1. The van der Waals surface area contributed by atoms with Crippen molar-refractivity contribution < 1.29 is 4.79 Å². The first-order valence-corrected chi connectivity index (χ1v) is 13.4. The lowest BCUT2D eigenvalue weighted by molar-refractivity contribution is 0.102. The largest absolute Gasteiger partial charge is 0.383 e. The second kappa shape index (κ2) is 10.8. The van der Waals surface area contributed by atoms with Crippen LogP contribution in [0.5, 0.6) is 0 Å². The fourth-order valence-electron chi connectivity index (χ4n) is 5.01. The van der Waals surface area contributed by atoms with Gasteiger partial charge in [0.2, 0.25) is 5.78 Å². The van der Waals surface area contributed by atoms with Gasteiger partial charge in [-0.2, -0.15) is 9.50 Å². The van der Waals surface area contributed by atoms with Gasteiger partial charge in [0.15, 0.2) is 0 Å². The van der Waals surface area contributed by atoms with Crippen molar-refractivity contribution in [1.29, 1.82) is 0 Å². The fourth-order valence-corrected chi connectivity index (χ4v) is 5.01. The molecule has 1 amide bonds.